The van der Waals surface area contributed by atoms with Crippen molar-refractivity contribution < 1.29 is 21.6 Å². The zero-order chi connectivity index (χ0) is 27.3. The number of carbonyl (C=O) groups excluding carboxylic acids is 1. The quantitative estimate of drug-likeness (QED) is 0.405. The molecular weight excluding hydrogens is 548 g/mol. The fourth-order valence-electron chi connectivity index (χ4n) is 4.02. The second kappa shape index (κ2) is 11.9. The van der Waals surface area contributed by atoms with Crippen molar-refractivity contribution in [3.8, 4) is 0 Å². The molecule has 1 aliphatic heterocycles. The van der Waals surface area contributed by atoms with Crippen LogP contribution in [0.4, 0.5) is 5.69 Å². The summed E-state index contributed by atoms with van der Waals surface area (Å²) in [6.45, 7) is 2.13. The van der Waals surface area contributed by atoms with Crippen LogP contribution in [0.1, 0.15) is 5.56 Å². The number of sulfonamides is 2. The Morgan fingerprint density at radius 3 is 2.03 bits per heavy atom. The number of hydrogen-bond acceptors (Lipinski definition) is 6. The Morgan fingerprint density at radius 1 is 0.842 bits per heavy atom. The van der Waals surface area contributed by atoms with Gasteiger partial charge in [0.05, 0.1) is 9.79 Å². The third kappa shape index (κ3) is 6.99. The predicted molar refractivity (Wildman–Crippen MR) is 147 cm³/mol. The Morgan fingerprint density at radius 2 is 1.42 bits per heavy atom. The summed E-state index contributed by atoms with van der Waals surface area (Å²) in [4.78, 5) is 15.4. The minimum absolute atomic E-state index is 0.0220. The molecule has 0 aliphatic carbocycles. The molecule has 38 heavy (non-hydrogen) atoms. The molecule has 12 heteroatoms. The molecule has 1 saturated heterocycles. The Balaban J connectivity index is 1.51. The fraction of sp³-hybridized carbons (Fsp3) is 0.269. The highest BCUT2D eigenvalue weighted by atomic mass is 35.5. The van der Waals surface area contributed by atoms with Gasteiger partial charge in [0.25, 0.3) is 0 Å². The summed E-state index contributed by atoms with van der Waals surface area (Å²) in [5.41, 5.74) is 1.11. The summed E-state index contributed by atoms with van der Waals surface area (Å²) in [6.07, 6.45) is 0.107. The highest BCUT2D eigenvalue weighted by Crippen LogP contribution is 2.21. The first kappa shape index (κ1) is 28.2. The molecule has 2 N–H and O–H groups in total. The Kier molecular flexibility index (Phi) is 8.86. The van der Waals surface area contributed by atoms with Gasteiger partial charge in [-0.1, -0.05) is 41.9 Å². The van der Waals surface area contributed by atoms with E-state index in [-0.39, 0.29) is 16.2 Å². The maximum absolute atomic E-state index is 13.2. The lowest BCUT2D eigenvalue weighted by molar-refractivity contribution is -0.117. The number of hydrogen-bond donors (Lipinski definition) is 2. The number of anilines is 1. The molecule has 3 aromatic carbocycles. The van der Waals surface area contributed by atoms with E-state index in [4.69, 9.17) is 11.6 Å². The molecule has 9 nitrogen and oxygen atoms in total. The number of amides is 1. The van der Waals surface area contributed by atoms with Crippen LogP contribution >= 0.6 is 11.6 Å². The number of nitrogens with zero attached hydrogens (tertiary/aromatic N) is 2. The van der Waals surface area contributed by atoms with Crippen molar-refractivity contribution in [2.24, 2.45) is 0 Å². The lowest BCUT2D eigenvalue weighted by atomic mass is 10.1. The minimum Gasteiger partial charge on any atom is -0.325 e. The largest absolute Gasteiger partial charge is 0.325 e. The third-order valence-corrected chi connectivity index (χ3v) is 9.89. The number of carbonyl (C=O) groups is 1. The van der Waals surface area contributed by atoms with Crippen LogP contribution in [0.25, 0.3) is 0 Å². The van der Waals surface area contributed by atoms with Crippen molar-refractivity contribution in [2.45, 2.75) is 22.3 Å². The van der Waals surface area contributed by atoms with Gasteiger partial charge in [0.15, 0.2) is 0 Å². The van der Waals surface area contributed by atoms with E-state index in [1.807, 2.05) is 13.1 Å². The molecule has 1 heterocycles. The van der Waals surface area contributed by atoms with E-state index >= 15 is 0 Å². The van der Waals surface area contributed by atoms with Gasteiger partial charge in [-0.05, 0) is 67.6 Å². The molecule has 0 spiro atoms. The van der Waals surface area contributed by atoms with E-state index in [0.717, 1.165) is 5.56 Å². The lowest BCUT2D eigenvalue weighted by Gasteiger charge is -2.31. The maximum Gasteiger partial charge on any atom is 0.243 e. The summed E-state index contributed by atoms with van der Waals surface area (Å²) in [7, 11) is -5.74. The van der Waals surface area contributed by atoms with Crippen molar-refractivity contribution in [3.63, 3.8) is 0 Å². The number of piperazine rings is 1. The van der Waals surface area contributed by atoms with Crippen LogP contribution < -0.4 is 10.0 Å². The van der Waals surface area contributed by atoms with E-state index < -0.39 is 32.0 Å². The average molecular weight is 577 g/mol. The molecule has 1 fully saturated rings. The molecule has 0 radical (unpaired) electrons. The van der Waals surface area contributed by atoms with Gasteiger partial charge in [0.1, 0.15) is 6.04 Å². The van der Waals surface area contributed by atoms with Gasteiger partial charge in [-0.15, -0.1) is 0 Å². The van der Waals surface area contributed by atoms with E-state index in [1.165, 1.54) is 52.8 Å². The van der Waals surface area contributed by atoms with Crippen LogP contribution in [0.3, 0.4) is 0 Å². The third-order valence-electron chi connectivity index (χ3n) is 6.24. The molecule has 4 rings (SSSR count). The number of rotatable bonds is 9. The second-order valence-electron chi connectivity index (χ2n) is 9.04. The first-order chi connectivity index (χ1) is 18.0. The molecule has 202 valence electrons. The first-order valence-corrected chi connectivity index (χ1v) is 15.3. The van der Waals surface area contributed by atoms with Crippen molar-refractivity contribution in [1.82, 2.24) is 13.9 Å². The van der Waals surface area contributed by atoms with Crippen molar-refractivity contribution in [3.05, 3.63) is 89.4 Å². The van der Waals surface area contributed by atoms with Crippen LogP contribution in [0.5, 0.6) is 0 Å². The van der Waals surface area contributed by atoms with Crippen LogP contribution in [0.15, 0.2) is 88.7 Å². The van der Waals surface area contributed by atoms with Gasteiger partial charge in [-0.3, -0.25) is 4.79 Å². The maximum atomic E-state index is 13.2. The average Bonchev–Trinajstić information content (AvgIpc) is 2.89. The number of halogens is 1. The molecule has 1 aliphatic rings. The molecule has 0 unspecified atom stereocenters. The fourth-order valence-corrected chi connectivity index (χ4v) is 6.77. The SMILES string of the molecule is CN1CCN(S(=O)(=O)c2ccc(NC(=O)[C@H](Cc3ccccc3)NS(=O)(=O)c3ccc(Cl)cc3)cc2)CC1. The van der Waals surface area contributed by atoms with Gasteiger partial charge < -0.3 is 10.2 Å². The standard InChI is InChI=1S/C26H29ClN4O5S2/c1-30-15-17-31(18-16-30)38(35,36)24-13-9-22(10-14-24)28-26(32)25(19-20-5-3-2-4-6-20)29-37(33,34)23-11-7-21(27)8-12-23/h2-14,25,29H,15-19H2,1H3,(H,28,32)/t25-/m0/s1. The van der Waals surface area contributed by atoms with E-state index in [0.29, 0.717) is 36.9 Å². The Hall–Kier alpha value is -2.80. The number of nitrogens with one attached hydrogen (secondary N) is 2. The summed E-state index contributed by atoms with van der Waals surface area (Å²) in [6, 6.07) is 19.4. The highest BCUT2D eigenvalue weighted by Gasteiger charge is 2.28. The van der Waals surface area contributed by atoms with Gasteiger partial charge in [-0.2, -0.15) is 9.03 Å². The Bertz CT molecular complexity index is 1460. The van der Waals surface area contributed by atoms with Gasteiger partial charge >= 0.3 is 0 Å². The lowest BCUT2D eigenvalue weighted by Crippen LogP contribution is -2.47. The number of benzene rings is 3. The van der Waals surface area contributed by atoms with E-state index in [1.54, 1.807) is 24.3 Å². The predicted octanol–water partition coefficient (Wildman–Crippen LogP) is 2.80. The minimum atomic E-state index is -4.03. The summed E-state index contributed by atoms with van der Waals surface area (Å²) in [5.74, 6) is -0.582. The van der Waals surface area contributed by atoms with Crippen LogP contribution in [-0.4, -0.2) is 71.2 Å². The zero-order valence-corrected chi connectivity index (χ0v) is 23.1. The van der Waals surface area contributed by atoms with E-state index in [9.17, 15) is 21.6 Å². The first-order valence-electron chi connectivity index (χ1n) is 12.0. The second-order valence-corrected chi connectivity index (χ2v) is 13.1. The molecule has 0 aromatic heterocycles. The van der Waals surface area contributed by atoms with Gasteiger partial charge in [0, 0.05) is 36.9 Å². The van der Waals surface area contributed by atoms with Gasteiger partial charge in [-0.25, -0.2) is 16.8 Å². The summed E-state index contributed by atoms with van der Waals surface area (Å²) < 4.78 is 55.9. The van der Waals surface area contributed by atoms with Gasteiger partial charge in [0.2, 0.25) is 26.0 Å². The van der Waals surface area contributed by atoms with Crippen molar-refractivity contribution in [1.29, 1.82) is 0 Å². The summed E-state index contributed by atoms with van der Waals surface area (Å²) in [5, 5.41) is 3.10. The van der Waals surface area contributed by atoms with Crippen molar-refractivity contribution >= 4 is 43.2 Å². The number of likely N-dealkylation sites (N-methyl/N-ethyl adjacent to an activating group) is 1. The molecule has 3 aromatic rings. The normalized spacial score (nSPS) is 16.2. The van der Waals surface area contributed by atoms with Crippen molar-refractivity contribution in [2.75, 3.05) is 38.5 Å². The van der Waals surface area contributed by atoms with E-state index in [2.05, 4.69) is 14.9 Å². The molecule has 1 amide bonds. The zero-order valence-electron chi connectivity index (χ0n) is 20.7. The van der Waals surface area contributed by atoms with Crippen LogP contribution in [0, 0.1) is 0 Å². The molecule has 0 bridgehead atoms. The summed E-state index contributed by atoms with van der Waals surface area (Å²) >= 11 is 5.88. The molecule has 1 atom stereocenters. The smallest absolute Gasteiger partial charge is 0.243 e. The van der Waals surface area contributed by atoms with Crippen LogP contribution in [0.2, 0.25) is 5.02 Å². The molecule has 0 saturated carbocycles. The van der Waals surface area contributed by atoms with Crippen LogP contribution in [-0.2, 0) is 31.3 Å². The topological polar surface area (TPSA) is 116 Å². The molecular formula is C26H29ClN4O5S2. The highest BCUT2D eigenvalue weighted by molar-refractivity contribution is 7.89. The Labute approximate surface area is 228 Å². The monoisotopic (exact) mass is 576 g/mol.